The van der Waals surface area contributed by atoms with Crippen molar-refractivity contribution in [1.29, 1.82) is 0 Å². The van der Waals surface area contributed by atoms with E-state index in [0.29, 0.717) is 12.8 Å². The van der Waals surface area contributed by atoms with E-state index >= 15 is 0 Å². The first-order valence-corrected chi connectivity index (χ1v) is 8.32. The molecule has 0 amide bonds. The lowest BCUT2D eigenvalue weighted by atomic mass is 10.1. The highest BCUT2D eigenvalue weighted by Crippen LogP contribution is 2.30. The van der Waals surface area contributed by atoms with E-state index in [1.54, 1.807) is 6.92 Å². The lowest BCUT2D eigenvalue weighted by Gasteiger charge is -2.15. The van der Waals surface area contributed by atoms with Crippen LogP contribution in [0.4, 0.5) is 0 Å². The van der Waals surface area contributed by atoms with Crippen LogP contribution in [0.5, 0.6) is 0 Å². The van der Waals surface area contributed by atoms with Crippen molar-refractivity contribution in [3.63, 3.8) is 0 Å². The number of benzene rings is 1. The smallest absolute Gasteiger partial charge is 0.158 e. The van der Waals surface area contributed by atoms with Gasteiger partial charge in [-0.25, -0.2) is 8.42 Å². The number of hydrogen-bond donors (Lipinski definition) is 0. The van der Waals surface area contributed by atoms with Gasteiger partial charge in [0.1, 0.15) is 5.78 Å². The third kappa shape index (κ3) is 3.06. The Kier molecular flexibility index (Phi) is 3.81. The summed E-state index contributed by atoms with van der Waals surface area (Å²) < 4.78 is 24.9. The molecule has 104 valence electrons. The third-order valence-corrected chi connectivity index (χ3v) is 6.15. The number of ketones is 1. The van der Waals surface area contributed by atoms with Crippen molar-refractivity contribution in [2.24, 2.45) is 5.92 Å². The van der Waals surface area contributed by atoms with Crippen LogP contribution >= 0.6 is 0 Å². The zero-order chi connectivity index (χ0) is 14.2. The average Bonchev–Trinajstić information content (AvgIpc) is 2.57. The van der Waals surface area contributed by atoms with Crippen molar-refractivity contribution >= 4 is 15.6 Å². The number of Topliss-reactive ketones (excluding diaryl/α,β-unsaturated/α-hetero) is 1. The van der Waals surface area contributed by atoms with Gasteiger partial charge in [-0.15, -0.1) is 0 Å². The van der Waals surface area contributed by atoms with Gasteiger partial charge in [-0.05, 0) is 25.8 Å². The molecule has 0 N–H and O–H groups in total. The van der Waals surface area contributed by atoms with Crippen molar-refractivity contribution in [2.75, 3.05) is 0 Å². The van der Waals surface area contributed by atoms with Gasteiger partial charge in [-0.3, -0.25) is 4.79 Å². The molecule has 1 aromatic rings. The fraction of sp³-hybridized carbons (Fsp3) is 0.533. The predicted molar refractivity (Wildman–Crippen MR) is 75.7 cm³/mol. The van der Waals surface area contributed by atoms with Gasteiger partial charge in [0.25, 0.3) is 0 Å². The quantitative estimate of drug-likeness (QED) is 0.855. The number of carbonyl (C=O) groups is 1. The van der Waals surface area contributed by atoms with Crippen LogP contribution < -0.4 is 0 Å². The fourth-order valence-electron chi connectivity index (χ4n) is 2.95. The largest absolute Gasteiger partial charge is 0.299 e. The zero-order valence-electron chi connectivity index (χ0n) is 11.6. The van der Waals surface area contributed by atoms with Crippen LogP contribution in [0.3, 0.4) is 0 Å². The molecule has 0 bridgehead atoms. The Bertz CT molecular complexity index is 582. The molecule has 1 saturated carbocycles. The van der Waals surface area contributed by atoms with E-state index in [4.69, 9.17) is 0 Å². The summed E-state index contributed by atoms with van der Waals surface area (Å²) in [6.07, 6.45) is 0.880. The number of sulfone groups is 1. The number of aryl methyl sites for hydroxylation is 2. The third-order valence-electron chi connectivity index (χ3n) is 3.85. The Balaban J connectivity index is 2.24. The van der Waals surface area contributed by atoms with Gasteiger partial charge in [-0.2, -0.15) is 0 Å². The Morgan fingerprint density at radius 1 is 1.16 bits per heavy atom. The average molecular weight is 280 g/mol. The summed E-state index contributed by atoms with van der Waals surface area (Å²) >= 11 is 0. The van der Waals surface area contributed by atoms with E-state index in [1.807, 2.05) is 32.0 Å². The summed E-state index contributed by atoms with van der Waals surface area (Å²) in [6, 6.07) is 5.84. The highest BCUT2D eigenvalue weighted by molar-refractivity contribution is 7.91. The number of hydrogen-bond acceptors (Lipinski definition) is 3. The van der Waals surface area contributed by atoms with E-state index < -0.39 is 15.1 Å². The van der Waals surface area contributed by atoms with Gasteiger partial charge in [0.2, 0.25) is 0 Å². The second kappa shape index (κ2) is 5.08. The van der Waals surface area contributed by atoms with Crippen LogP contribution in [0.1, 0.15) is 36.5 Å². The van der Waals surface area contributed by atoms with Crippen LogP contribution in [0.2, 0.25) is 0 Å². The van der Waals surface area contributed by atoms with Crippen LogP contribution in [-0.4, -0.2) is 19.5 Å². The van der Waals surface area contributed by atoms with Crippen LogP contribution in [-0.2, 0) is 20.4 Å². The molecule has 0 radical (unpaired) electrons. The molecular weight excluding hydrogens is 260 g/mol. The molecule has 19 heavy (non-hydrogen) atoms. The minimum absolute atomic E-state index is 0.0395. The molecule has 4 heteroatoms. The highest BCUT2D eigenvalue weighted by Gasteiger charge is 2.39. The molecule has 1 aromatic carbocycles. The van der Waals surface area contributed by atoms with E-state index in [0.717, 1.165) is 16.7 Å². The predicted octanol–water partition coefficient (Wildman–Crippen LogP) is 2.59. The molecule has 1 aliphatic rings. The molecular formula is C15H20O3S. The molecule has 2 rings (SSSR count). The molecule has 1 fully saturated rings. The van der Waals surface area contributed by atoms with Gasteiger partial charge < -0.3 is 0 Å². The molecule has 3 nitrogen and oxygen atoms in total. The standard InChI is InChI=1S/C15H20O3S/c1-10-6-11(2)8-13(7-10)9-19(17,18)15-5-4-14(16)12(15)3/h6-8,12,15H,4-5,9H2,1-3H3. The summed E-state index contributed by atoms with van der Waals surface area (Å²) in [4.78, 5) is 11.5. The van der Waals surface area contributed by atoms with Crippen LogP contribution in [0, 0.1) is 19.8 Å². The maximum Gasteiger partial charge on any atom is 0.158 e. The lowest BCUT2D eigenvalue weighted by molar-refractivity contribution is -0.120. The normalized spacial score (nSPS) is 23.8. The Labute approximate surface area is 114 Å². The summed E-state index contributed by atoms with van der Waals surface area (Å²) in [6.45, 7) is 5.66. The van der Waals surface area contributed by atoms with E-state index in [-0.39, 0.29) is 17.5 Å². The summed E-state index contributed by atoms with van der Waals surface area (Å²) in [5.41, 5.74) is 2.96. The van der Waals surface area contributed by atoms with Crippen molar-refractivity contribution < 1.29 is 13.2 Å². The van der Waals surface area contributed by atoms with Crippen molar-refractivity contribution in [3.8, 4) is 0 Å². The van der Waals surface area contributed by atoms with E-state index in [2.05, 4.69) is 0 Å². The van der Waals surface area contributed by atoms with Gasteiger partial charge in [-0.1, -0.05) is 36.2 Å². The molecule has 2 atom stereocenters. The number of carbonyl (C=O) groups excluding carboxylic acids is 1. The fourth-order valence-corrected chi connectivity index (χ4v) is 5.05. The number of rotatable bonds is 3. The monoisotopic (exact) mass is 280 g/mol. The Hall–Kier alpha value is -1.16. The maximum atomic E-state index is 12.4. The highest BCUT2D eigenvalue weighted by atomic mass is 32.2. The minimum atomic E-state index is -3.25. The summed E-state index contributed by atoms with van der Waals surface area (Å²) in [7, 11) is -3.25. The molecule has 0 aromatic heterocycles. The molecule has 2 unspecified atom stereocenters. The summed E-state index contributed by atoms with van der Waals surface area (Å²) in [5.74, 6) is -0.234. The second-order valence-corrected chi connectivity index (χ2v) is 7.86. The van der Waals surface area contributed by atoms with Crippen molar-refractivity contribution in [2.45, 2.75) is 44.6 Å². The SMILES string of the molecule is Cc1cc(C)cc(CS(=O)(=O)C2CCC(=O)C2C)c1. The first-order chi connectivity index (χ1) is 8.79. The van der Waals surface area contributed by atoms with Gasteiger partial charge in [0.05, 0.1) is 11.0 Å². The molecule has 0 aliphatic heterocycles. The lowest BCUT2D eigenvalue weighted by Crippen LogP contribution is -2.27. The Morgan fingerprint density at radius 2 is 1.74 bits per heavy atom. The molecule has 0 heterocycles. The van der Waals surface area contributed by atoms with Crippen molar-refractivity contribution in [1.82, 2.24) is 0 Å². The Morgan fingerprint density at radius 3 is 2.21 bits per heavy atom. The van der Waals surface area contributed by atoms with Crippen LogP contribution in [0.15, 0.2) is 18.2 Å². The van der Waals surface area contributed by atoms with E-state index in [1.165, 1.54) is 0 Å². The topological polar surface area (TPSA) is 51.2 Å². The van der Waals surface area contributed by atoms with Gasteiger partial charge >= 0.3 is 0 Å². The summed E-state index contributed by atoms with van der Waals surface area (Å²) in [5, 5.41) is -0.499. The van der Waals surface area contributed by atoms with Gasteiger partial charge in [0, 0.05) is 12.3 Å². The maximum absolute atomic E-state index is 12.4. The zero-order valence-corrected chi connectivity index (χ0v) is 12.5. The first-order valence-electron chi connectivity index (χ1n) is 6.61. The first kappa shape index (κ1) is 14.3. The molecule has 0 spiro atoms. The molecule has 0 saturated heterocycles. The van der Waals surface area contributed by atoms with Crippen molar-refractivity contribution in [3.05, 3.63) is 34.9 Å². The van der Waals surface area contributed by atoms with E-state index in [9.17, 15) is 13.2 Å². The molecule has 1 aliphatic carbocycles. The second-order valence-electron chi connectivity index (χ2n) is 5.64. The van der Waals surface area contributed by atoms with Crippen LogP contribution in [0.25, 0.3) is 0 Å². The van der Waals surface area contributed by atoms with Gasteiger partial charge in [0.15, 0.2) is 9.84 Å². The minimum Gasteiger partial charge on any atom is -0.299 e.